The molecule has 0 bridgehead atoms. The molecule has 1 fully saturated rings. The molecule has 0 aliphatic carbocycles. The van der Waals surface area contributed by atoms with Gasteiger partial charge in [0.05, 0.1) is 5.41 Å². The molecule has 204 valence electrons. The van der Waals surface area contributed by atoms with Crippen LogP contribution < -0.4 is 10.0 Å². The van der Waals surface area contributed by atoms with E-state index in [1.165, 1.54) is 0 Å². The Morgan fingerprint density at radius 2 is 1.49 bits per heavy atom. The van der Waals surface area contributed by atoms with E-state index in [1.807, 2.05) is 37.2 Å². The van der Waals surface area contributed by atoms with Crippen molar-refractivity contribution in [3.8, 4) is 0 Å². The van der Waals surface area contributed by atoms with Crippen LogP contribution in [0.4, 0.5) is 16.2 Å². The fourth-order valence-electron chi connectivity index (χ4n) is 5.22. The van der Waals surface area contributed by atoms with Gasteiger partial charge in [0, 0.05) is 50.6 Å². The number of hydrogen-bond donors (Lipinski definition) is 0. The number of carbonyl (C=O) groups is 3. The molecule has 39 heavy (non-hydrogen) atoms. The van der Waals surface area contributed by atoms with E-state index in [1.54, 1.807) is 19.9 Å². The van der Waals surface area contributed by atoms with Crippen molar-refractivity contribution < 1.29 is 24.1 Å². The number of benzene rings is 2. The van der Waals surface area contributed by atoms with E-state index < -0.39 is 23.3 Å². The van der Waals surface area contributed by atoms with Gasteiger partial charge in [-0.1, -0.05) is 18.7 Å². The van der Waals surface area contributed by atoms with Crippen LogP contribution in [0.15, 0.2) is 54.1 Å². The summed E-state index contributed by atoms with van der Waals surface area (Å²) in [6.07, 6.45) is 5.69. The maximum atomic E-state index is 13.0. The fraction of sp³-hybridized carbons (Fsp3) is 0.355. The molecule has 0 aromatic heterocycles. The van der Waals surface area contributed by atoms with Crippen LogP contribution in [0.25, 0.3) is 12.2 Å². The van der Waals surface area contributed by atoms with Gasteiger partial charge >= 0.3 is 6.03 Å². The second-order valence-electron chi connectivity index (χ2n) is 10.4. The van der Waals surface area contributed by atoms with Gasteiger partial charge in [-0.25, -0.2) is 4.79 Å². The molecule has 0 saturated carbocycles. The van der Waals surface area contributed by atoms with Gasteiger partial charge in [0.1, 0.15) is 12.1 Å². The first-order valence-electron chi connectivity index (χ1n) is 13.3. The summed E-state index contributed by atoms with van der Waals surface area (Å²) in [7, 11) is 4.01. The summed E-state index contributed by atoms with van der Waals surface area (Å²) in [4.78, 5) is 42.8. The number of carbonyl (C=O) groups excluding carboxylic acids is 3. The number of barbiturate groups is 1. The van der Waals surface area contributed by atoms with Gasteiger partial charge in [0.2, 0.25) is 5.69 Å². The monoisotopic (exact) mass is 528 g/mol. The Labute approximate surface area is 230 Å². The Hall–Kier alpha value is -4.04. The van der Waals surface area contributed by atoms with Crippen LogP contribution in [0.1, 0.15) is 44.4 Å². The lowest BCUT2D eigenvalue weighted by atomic mass is 9.80. The van der Waals surface area contributed by atoms with Gasteiger partial charge in [-0.15, -0.1) is 0 Å². The lowest BCUT2D eigenvalue weighted by molar-refractivity contribution is -0.491. The Balaban J connectivity index is 1.72. The third-order valence-corrected chi connectivity index (χ3v) is 7.43. The average molecular weight is 529 g/mol. The second kappa shape index (κ2) is 11.0. The number of urea groups is 1. The summed E-state index contributed by atoms with van der Waals surface area (Å²) < 4.78 is 2.05. The highest BCUT2D eigenvalue weighted by atomic mass is 16.3. The molecule has 0 spiro atoms. The van der Waals surface area contributed by atoms with Gasteiger partial charge in [0.15, 0.2) is 5.71 Å². The standard InChI is InChI=1S/C31H36N4O4/c1-7-33-28(37)24(29(38)34(8-2)30(33)39)19-22-11-15-26-25(20-22)31(3,4)27(35(26)17-18-36)16-12-21-9-13-23(14-10-21)32(5)6/h9-16,19-20H,7-8,17-18H2,1-6H3. The Morgan fingerprint density at radius 3 is 2.03 bits per heavy atom. The molecule has 2 aliphatic heterocycles. The Kier molecular flexibility index (Phi) is 7.88. The van der Waals surface area contributed by atoms with E-state index in [-0.39, 0.29) is 25.3 Å². The summed E-state index contributed by atoms with van der Waals surface area (Å²) in [5.74, 6) is -1.17. The van der Waals surface area contributed by atoms with Crippen LogP contribution in [0, 0.1) is 0 Å². The summed E-state index contributed by atoms with van der Waals surface area (Å²) in [5.41, 5.74) is 5.33. The highest BCUT2D eigenvalue weighted by Crippen LogP contribution is 2.41. The molecule has 8 heteroatoms. The highest BCUT2D eigenvalue weighted by molar-refractivity contribution is 6.30. The Morgan fingerprint density at radius 1 is 0.897 bits per heavy atom. The molecule has 0 atom stereocenters. The first kappa shape index (κ1) is 28.0. The van der Waals surface area contributed by atoms with Gasteiger partial charge in [-0.3, -0.25) is 19.4 Å². The molecule has 0 unspecified atom stereocenters. The smallest absolute Gasteiger partial charge is 0.333 e. The van der Waals surface area contributed by atoms with E-state index in [0.717, 1.165) is 38.0 Å². The second-order valence-corrected chi connectivity index (χ2v) is 10.4. The molecule has 2 aromatic carbocycles. The molecule has 4 rings (SSSR count). The van der Waals surface area contributed by atoms with Gasteiger partial charge < -0.3 is 10.0 Å². The summed E-state index contributed by atoms with van der Waals surface area (Å²) in [6.45, 7) is 8.07. The zero-order chi connectivity index (χ0) is 28.5. The maximum absolute atomic E-state index is 13.0. The zero-order valence-corrected chi connectivity index (χ0v) is 23.5. The predicted molar refractivity (Wildman–Crippen MR) is 152 cm³/mol. The molecular formula is C31H36N4O4. The van der Waals surface area contributed by atoms with E-state index in [4.69, 9.17) is 0 Å². The van der Waals surface area contributed by atoms with Gasteiger partial charge in [-0.05, 0) is 75.2 Å². The van der Waals surface area contributed by atoms with E-state index in [9.17, 15) is 19.5 Å². The van der Waals surface area contributed by atoms with E-state index >= 15 is 0 Å². The van der Waals surface area contributed by atoms with Crippen molar-refractivity contribution >= 4 is 47.1 Å². The molecular weight excluding hydrogens is 492 g/mol. The third kappa shape index (κ3) is 5.04. The number of allylic oxidation sites excluding steroid dienone is 1. The van der Waals surface area contributed by atoms with Crippen molar-refractivity contribution in [3.63, 3.8) is 0 Å². The lowest BCUT2D eigenvalue weighted by Crippen LogP contribution is -2.56. The molecule has 8 nitrogen and oxygen atoms in total. The van der Waals surface area contributed by atoms with Crippen molar-refractivity contribution in [2.24, 2.45) is 0 Å². The summed E-state index contributed by atoms with van der Waals surface area (Å²) >= 11 is 0. The normalized spacial score (nSPS) is 17.0. The molecule has 0 radical (unpaired) electrons. The van der Waals surface area contributed by atoms with Crippen molar-refractivity contribution in [1.82, 2.24) is 9.80 Å². The van der Waals surface area contributed by atoms with Crippen molar-refractivity contribution in [1.29, 1.82) is 0 Å². The van der Waals surface area contributed by atoms with Crippen LogP contribution in [-0.4, -0.2) is 78.3 Å². The number of nitrogens with zero attached hydrogens (tertiary/aromatic N) is 4. The van der Waals surface area contributed by atoms with Crippen molar-refractivity contribution in [3.05, 3.63) is 70.8 Å². The molecule has 2 heterocycles. The SMILES string of the molecule is CCN1C(=O)C(=Cc2ccc3c(c2)C(C)(C)C(/C=C/c2ccc(N(C)C)cc2)=[N+]3CC[O-])C(=O)N(CC)C1=O. The number of hydrogen-bond acceptors (Lipinski definition) is 5. The number of rotatable bonds is 8. The van der Waals surface area contributed by atoms with Crippen LogP contribution in [0.3, 0.4) is 0 Å². The molecule has 2 aromatic rings. The largest absolute Gasteiger partial charge is 0.850 e. The van der Waals surface area contributed by atoms with Crippen molar-refractivity contribution in [2.75, 3.05) is 45.2 Å². The summed E-state index contributed by atoms with van der Waals surface area (Å²) in [5, 5.41) is 11.8. The van der Waals surface area contributed by atoms with Crippen LogP contribution >= 0.6 is 0 Å². The van der Waals surface area contributed by atoms with E-state index in [0.29, 0.717) is 12.1 Å². The Bertz CT molecular complexity index is 1370. The quantitative estimate of drug-likeness (QED) is 0.298. The van der Waals surface area contributed by atoms with Crippen LogP contribution in [0.2, 0.25) is 0 Å². The average Bonchev–Trinajstić information content (AvgIpc) is 3.11. The molecule has 0 N–H and O–H groups in total. The highest BCUT2D eigenvalue weighted by Gasteiger charge is 2.44. The lowest BCUT2D eigenvalue weighted by Gasteiger charge is -2.32. The van der Waals surface area contributed by atoms with Crippen LogP contribution in [-0.2, 0) is 15.0 Å². The third-order valence-electron chi connectivity index (χ3n) is 7.43. The van der Waals surface area contributed by atoms with Crippen molar-refractivity contribution in [2.45, 2.75) is 33.1 Å². The van der Waals surface area contributed by atoms with Gasteiger partial charge in [0.25, 0.3) is 11.8 Å². The van der Waals surface area contributed by atoms with Crippen LogP contribution in [0.5, 0.6) is 0 Å². The van der Waals surface area contributed by atoms with Gasteiger partial charge in [-0.2, -0.15) is 4.58 Å². The minimum absolute atomic E-state index is 0.0317. The topological polar surface area (TPSA) is 87.0 Å². The fourth-order valence-corrected chi connectivity index (χ4v) is 5.22. The maximum Gasteiger partial charge on any atom is 0.333 e. The predicted octanol–water partition coefficient (Wildman–Crippen LogP) is 3.42. The first-order chi connectivity index (χ1) is 18.5. The molecule has 2 aliphatic rings. The minimum atomic E-state index is -0.585. The summed E-state index contributed by atoms with van der Waals surface area (Å²) in [6, 6.07) is 13.4. The number of likely N-dealkylation sites (N-methyl/N-ethyl adjacent to an activating group) is 2. The number of fused-ring (bicyclic) bond motifs is 1. The number of amides is 4. The number of imide groups is 2. The first-order valence-corrected chi connectivity index (χ1v) is 13.3. The van der Waals surface area contributed by atoms with E-state index in [2.05, 4.69) is 54.8 Å². The zero-order valence-electron chi connectivity index (χ0n) is 23.5. The minimum Gasteiger partial charge on any atom is -0.850 e. The molecule has 4 amide bonds. The molecule has 1 saturated heterocycles. The number of anilines is 1.